The number of ether oxygens (including phenoxy) is 1. The third-order valence-corrected chi connectivity index (χ3v) is 2.81. The van der Waals surface area contributed by atoms with Crippen LogP contribution in [0.25, 0.3) is 6.08 Å². The highest BCUT2D eigenvalue weighted by atomic mass is 35.5. The summed E-state index contributed by atoms with van der Waals surface area (Å²) >= 11 is 5.78. The van der Waals surface area contributed by atoms with Gasteiger partial charge in [-0.3, -0.25) is 4.79 Å². The van der Waals surface area contributed by atoms with Gasteiger partial charge in [-0.1, -0.05) is 23.7 Å². The van der Waals surface area contributed by atoms with E-state index in [1.165, 1.54) is 25.3 Å². The first-order valence-electron chi connectivity index (χ1n) is 5.53. The molecule has 1 rings (SSSR count). The molecular weight excluding hydrogens is 297 g/mol. The summed E-state index contributed by atoms with van der Waals surface area (Å²) in [5.41, 5.74) is -0.396. The van der Waals surface area contributed by atoms with Crippen molar-refractivity contribution in [2.24, 2.45) is 0 Å². The number of benzene rings is 1. The quantitative estimate of drug-likeness (QED) is 0.869. The molecule has 1 atom stereocenters. The van der Waals surface area contributed by atoms with Crippen molar-refractivity contribution >= 4 is 23.6 Å². The predicted molar refractivity (Wildman–Crippen MR) is 67.9 cm³/mol. The number of hydrogen-bond acceptors (Lipinski definition) is 3. The average Bonchev–Trinajstić information content (AvgIpc) is 2.38. The topological polar surface area (TPSA) is 46.5 Å². The van der Waals surface area contributed by atoms with E-state index in [0.717, 1.165) is 12.1 Å². The van der Waals surface area contributed by atoms with Crippen LogP contribution in [0, 0.1) is 0 Å². The Labute approximate surface area is 118 Å². The minimum atomic E-state index is -4.41. The minimum absolute atomic E-state index is 0.0600. The molecule has 7 heteroatoms. The molecule has 0 saturated heterocycles. The fraction of sp³-hybridized carbons (Fsp3) is 0.308. The van der Waals surface area contributed by atoms with Crippen LogP contribution in [0.5, 0.6) is 0 Å². The van der Waals surface area contributed by atoms with Gasteiger partial charge in [-0.25, -0.2) is 0 Å². The molecule has 1 aromatic carbocycles. The third kappa shape index (κ3) is 4.86. The van der Waals surface area contributed by atoms with Crippen molar-refractivity contribution in [2.45, 2.75) is 18.7 Å². The molecule has 0 radical (unpaired) electrons. The monoisotopic (exact) mass is 308 g/mol. The predicted octanol–water partition coefficient (Wildman–Crippen LogP) is 3.21. The molecule has 0 bridgehead atoms. The average molecular weight is 309 g/mol. The summed E-state index contributed by atoms with van der Waals surface area (Å²) in [5, 5.41) is 9.52. The summed E-state index contributed by atoms with van der Waals surface area (Å²) < 4.78 is 41.4. The molecule has 1 unspecified atom stereocenters. The number of hydrogen-bond donors (Lipinski definition) is 1. The highest BCUT2D eigenvalue weighted by Crippen LogP contribution is 2.29. The summed E-state index contributed by atoms with van der Waals surface area (Å²) in [6.45, 7) is 0. The first-order chi connectivity index (χ1) is 9.24. The molecular formula is C13H12ClF3O3. The lowest BCUT2D eigenvalue weighted by Crippen LogP contribution is -2.14. The van der Waals surface area contributed by atoms with Gasteiger partial charge in [0.15, 0.2) is 0 Å². The van der Waals surface area contributed by atoms with E-state index >= 15 is 0 Å². The van der Waals surface area contributed by atoms with Crippen molar-refractivity contribution in [2.75, 3.05) is 7.11 Å². The number of methoxy groups -OCH3 is 1. The molecule has 110 valence electrons. The normalized spacial score (nSPS) is 14.0. The summed E-state index contributed by atoms with van der Waals surface area (Å²) in [6.07, 6.45) is -4.70. The van der Waals surface area contributed by atoms with Crippen molar-refractivity contribution < 1.29 is 27.8 Å². The maximum Gasteiger partial charge on any atom is 0.416 e. The fourth-order valence-electron chi connectivity index (χ4n) is 1.36. The number of carbonyl (C=O) groups excluding carboxylic acids is 1. The zero-order valence-corrected chi connectivity index (χ0v) is 11.2. The first kappa shape index (κ1) is 16.5. The van der Waals surface area contributed by atoms with Gasteiger partial charge in [0.05, 0.1) is 25.2 Å². The zero-order valence-electron chi connectivity index (χ0n) is 10.4. The van der Waals surface area contributed by atoms with E-state index < -0.39 is 23.8 Å². The van der Waals surface area contributed by atoms with Crippen LogP contribution in [0.1, 0.15) is 17.5 Å². The van der Waals surface area contributed by atoms with Crippen LogP contribution >= 0.6 is 11.6 Å². The molecule has 0 heterocycles. The van der Waals surface area contributed by atoms with Crippen LogP contribution in [0.3, 0.4) is 0 Å². The largest absolute Gasteiger partial charge is 0.469 e. The van der Waals surface area contributed by atoms with Gasteiger partial charge in [0.25, 0.3) is 0 Å². The molecule has 20 heavy (non-hydrogen) atoms. The van der Waals surface area contributed by atoms with E-state index in [2.05, 4.69) is 4.74 Å². The molecule has 3 nitrogen and oxygen atoms in total. The van der Waals surface area contributed by atoms with Crippen molar-refractivity contribution in [3.05, 3.63) is 40.4 Å². The Hall–Kier alpha value is -1.53. The molecule has 0 aliphatic carbocycles. The maximum atomic E-state index is 12.4. The molecule has 0 aliphatic heterocycles. The molecule has 1 N–H and O–H groups in total. The molecule has 0 aromatic heterocycles. The first-order valence-corrected chi connectivity index (χ1v) is 5.91. The van der Waals surface area contributed by atoms with Gasteiger partial charge in [-0.05, 0) is 23.8 Å². The number of aliphatic hydroxyl groups excluding tert-OH is 1. The minimum Gasteiger partial charge on any atom is -0.469 e. The summed E-state index contributed by atoms with van der Waals surface area (Å²) in [6, 6.07) is 4.25. The fourth-order valence-corrected chi connectivity index (χ4v) is 1.57. The van der Waals surface area contributed by atoms with Gasteiger partial charge in [0, 0.05) is 5.03 Å². The molecule has 0 amide bonds. The van der Waals surface area contributed by atoms with Crippen LogP contribution in [0.2, 0.25) is 0 Å². The molecule has 0 aliphatic rings. The molecule has 0 spiro atoms. The number of halogens is 4. The number of carbonyl (C=O) groups is 1. The van der Waals surface area contributed by atoms with E-state index in [0.29, 0.717) is 5.56 Å². The smallest absolute Gasteiger partial charge is 0.416 e. The van der Waals surface area contributed by atoms with E-state index in [-0.39, 0.29) is 11.5 Å². The SMILES string of the molecule is COC(=O)CC(O)/C(Cl)=C/c1ccc(C(F)(F)F)cc1. The second-order valence-corrected chi connectivity index (χ2v) is 4.38. The van der Waals surface area contributed by atoms with Crippen LogP contribution < -0.4 is 0 Å². The van der Waals surface area contributed by atoms with E-state index in [1.54, 1.807) is 0 Å². The van der Waals surface area contributed by atoms with Gasteiger partial charge < -0.3 is 9.84 Å². The van der Waals surface area contributed by atoms with Gasteiger partial charge >= 0.3 is 12.1 Å². The van der Waals surface area contributed by atoms with E-state index in [9.17, 15) is 23.1 Å². The van der Waals surface area contributed by atoms with Crippen LogP contribution in [-0.2, 0) is 15.7 Å². The standard InChI is InChI=1S/C13H12ClF3O3/c1-20-12(19)7-11(18)10(14)6-8-2-4-9(5-3-8)13(15,16)17/h2-6,11,18H,7H2,1H3/b10-6-. The lowest BCUT2D eigenvalue weighted by Gasteiger charge is -2.09. The highest BCUT2D eigenvalue weighted by Gasteiger charge is 2.29. The molecule has 1 aromatic rings. The third-order valence-electron chi connectivity index (χ3n) is 2.45. The van der Waals surface area contributed by atoms with E-state index in [4.69, 9.17) is 11.6 Å². The Kier molecular flexibility index (Phi) is 5.59. The Morgan fingerprint density at radius 1 is 1.40 bits per heavy atom. The zero-order chi connectivity index (χ0) is 15.3. The van der Waals surface area contributed by atoms with Gasteiger partial charge in [0.2, 0.25) is 0 Å². The molecule has 0 saturated carbocycles. The Morgan fingerprint density at radius 2 is 1.95 bits per heavy atom. The summed E-state index contributed by atoms with van der Waals surface area (Å²) in [4.78, 5) is 10.9. The maximum absolute atomic E-state index is 12.4. The van der Waals surface area contributed by atoms with Crippen molar-refractivity contribution in [3.8, 4) is 0 Å². The van der Waals surface area contributed by atoms with Crippen LogP contribution in [-0.4, -0.2) is 24.3 Å². The van der Waals surface area contributed by atoms with Crippen molar-refractivity contribution in [3.63, 3.8) is 0 Å². The number of alkyl halides is 3. The van der Waals surface area contributed by atoms with E-state index in [1.807, 2.05) is 0 Å². The van der Waals surface area contributed by atoms with Gasteiger partial charge in [-0.15, -0.1) is 0 Å². The number of esters is 1. The van der Waals surface area contributed by atoms with Crippen molar-refractivity contribution in [1.82, 2.24) is 0 Å². The lowest BCUT2D eigenvalue weighted by molar-refractivity contribution is -0.142. The highest BCUT2D eigenvalue weighted by molar-refractivity contribution is 6.32. The Morgan fingerprint density at radius 3 is 2.40 bits per heavy atom. The van der Waals surface area contributed by atoms with Gasteiger partial charge in [-0.2, -0.15) is 13.2 Å². The summed E-state index contributed by atoms with van der Waals surface area (Å²) in [5.74, 6) is -0.642. The number of rotatable bonds is 4. The van der Waals surface area contributed by atoms with Gasteiger partial charge in [0.1, 0.15) is 0 Å². The second kappa shape index (κ2) is 6.76. The Balaban J connectivity index is 2.80. The Bertz CT molecular complexity index is 495. The summed E-state index contributed by atoms with van der Waals surface area (Å²) in [7, 11) is 1.17. The lowest BCUT2D eigenvalue weighted by atomic mass is 10.1. The molecule has 0 fully saturated rings. The van der Waals surface area contributed by atoms with Crippen LogP contribution in [0.4, 0.5) is 13.2 Å². The number of aliphatic hydroxyl groups is 1. The second-order valence-electron chi connectivity index (χ2n) is 3.95. The van der Waals surface area contributed by atoms with Crippen molar-refractivity contribution in [1.29, 1.82) is 0 Å². The van der Waals surface area contributed by atoms with Crippen LogP contribution in [0.15, 0.2) is 29.3 Å².